The first-order chi connectivity index (χ1) is 18.9. The van der Waals surface area contributed by atoms with Crippen LogP contribution in [0.15, 0.2) is 60.7 Å². The number of urea groups is 1. The maximum absolute atomic E-state index is 14.4. The molecule has 0 saturated heterocycles. The summed E-state index contributed by atoms with van der Waals surface area (Å²) in [5.41, 5.74) is 2.07. The Morgan fingerprint density at radius 3 is 2.20 bits per heavy atom. The largest absolute Gasteiger partial charge is 0.477 e. The number of anilines is 3. The molecule has 210 valence electrons. The summed E-state index contributed by atoms with van der Waals surface area (Å²) in [4.78, 5) is 27.5. The van der Waals surface area contributed by atoms with Gasteiger partial charge in [0.2, 0.25) is 0 Å². The number of hydrogen-bond acceptors (Lipinski definition) is 3. The molecular formula is C30H31Cl2FN4O3. The number of nitrogens with one attached hydrogen (secondary N) is 2. The van der Waals surface area contributed by atoms with Crippen LogP contribution in [-0.2, 0) is 0 Å². The molecule has 0 fully saturated rings. The van der Waals surface area contributed by atoms with E-state index in [1.807, 2.05) is 24.3 Å². The van der Waals surface area contributed by atoms with E-state index in [9.17, 15) is 19.1 Å². The molecular weight excluding hydrogens is 554 g/mol. The SMILES string of the molecule is CC(C)CN(CC(C)C)c1c(Cl)cc(-n2c(C(=O)O)cc3ccccc32)cc1NC(=O)Nc1ccc(Cl)cc1F. The third-order valence-electron chi connectivity index (χ3n) is 6.15. The molecule has 0 aliphatic heterocycles. The van der Waals surface area contributed by atoms with Gasteiger partial charge >= 0.3 is 12.0 Å². The number of amides is 2. The molecule has 0 unspecified atom stereocenters. The number of carbonyl (C=O) groups excluding carboxylic acids is 1. The number of aromatic nitrogens is 1. The van der Waals surface area contributed by atoms with E-state index in [2.05, 4.69) is 43.2 Å². The number of aromatic carboxylic acids is 1. The first-order valence-corrected chi connectivity index (χ1v) is 13.7. The molecule has 0 atom stereocenters. The predicted octanol–water partition coefficient (Wildman–Crippen LogP) is 8.54. The summed E-state index contributed by atoms with van der Waals surface area (Å²) >= 11 is 12.8. The topological polar surface area (TPSA) is 86.6 Å². The monoisotopic (exact) mass is 584 g/mol. The second-order valence-corrected chi connectivity index (χ2v) is 11.3. The lowest BCUT2D eigenvalue weighted by atomic mass is 10.1. The molecule has 3 aromatic carbocycles. The molecule has 4 rings (SSSR count). The molecule has 0 bridgehead atoms. The van der Waals surface area contributed by atoms with E-state index < -0.39 is 17.8 Å². The van der Waals surface area contributed by atoms with E-state index in [1.165, 1.54) is 12.1 Å². The average Bonchev–Trinajstić information content (AvgIpc) is 3.25. The highest BCUT2D eigenvalue weighted by atomic mass is 35.5. The first kappa shape index (κ1) is 29.2. The highest BCUT2D eigenvalue weighted by Crippen LogP contribution is 2.39. The molecule has 0 aliphatic rings. The Balaban J connectivity index is 1.87. The van der Waals surface area contributed by atoms with Crippen LogP contribution in [0.3, 0.4) is 0 Å². The lowest BCUT2D eigenvalue weighted by Crippen LogP contribution is -2.33. The van der Waals surface area contributed by atoms with Crippen LogP contribution in [-0.4, -0.2) is 34.8 Å². The van der Waals surface area contributed by atoms with Crippen molar-refractivity contribution >= 4 is 63.2 Å². The quantitative estimate of drug-likeness (QED) is 0.184. The van der Waals surface area contributed by atoms with E-state index in [-0.39, 0.29) is 28.2 Å². The Hall–Kier alpha value is -3.75. The van der Waals surface area contributed by atoms with Crippen LogP contribution in [0.2, 0.25) is 10.0 Å². The van der Waals surface area contributed by atoms with Crippen LogP contribution in [0.4, 0.5) is 26.2 Å². The van der Waals surface area contributed by atoms with Gasteiger partial charge in [-0.3, -0.25) is 0 Å². The Morgan fingerprint density at radius 2 is 1.57 bits per heavy atom. The van der Waals surface area contributed by atoms with Crippen LogP contribution in [0.1, 0.15) is 38.2 Å². The van der Waals surface area contributed by atoms with Crippen molar-refractivity contribution in [2.75, 3.05) is 28.6 Å². The van der Waals surface area contributed by atoms with Crippen molar-refractivity contribution in [2.24, 2.45) is 11.8 Å². The molecule has 0 radical (unpaired) electrons. The highest BCUT2D eigenvalue weighted by molar-refractivity contribution is 6.34. The predicted molar refractivity (Wildman–Crippen MR) is 161 cm³/mol. The minimum Gasteiger partial charge on any atom is -0.477 e. The van der Waals surface area contributed by atoms with Gasteiger partial charge < -0.3 is 25.2 Å². The number of hydrogen-bond donors (Lipinski definition) is 3. The van der Waals surface area contributed by atoms with Gasteiger partial charge in [0.05, 0.1) is 33.3 Å². The maximum Gasteiger partial charge on any atom is 0.352 e. The third-order valence-corrected chi connectivity index (χ3v) is 6.67. The van der Waals surface area contributed by atoms with Crippen LogP contribution in [0.25, 0.3) is 16.6 Å². The number of carboxylic acid groups (broad SMARTS) is 1. The maximum atomic E-state index is 14.4. The zero-order valence-corrected chi connectivity index (χ0v) is 24.1. The lowest BCUT2D eigenvalue weighted by molar-refractivity contribution is 0.0688. The van der Waals surface area contributed by atoms with Gasteiger partial charge in [-0.2, -0.15) is 0 Å². The summed E-state index contributed by atoms with van der Waals surface area (Å²) in [6, 6.07) is 15.5. The molecule has 10 heteroatoms. The van der Waals surface area contributed by atoms with Gasteiger partial charge in [-0.15, -0.1) is 0 Å². The standard InChI is InChI=1S/C30H31Cl2FN4O3/c1-17(2)15-36(16-18(3)4)28-22(32)13-21(37-26-8-6-5-7-19(26)11-27(37)29(38)39)14-25(28)35-30(40)34-24-10-9-20(31)12-23(24)33/h5-14,17-18H,15-16H2,1-4H3,(H,38,39)(H2,34,35,40). The van der Waals surface area contributed by atoms with E-state index in [0.29, 0.717) is 40.7 Å². The molecule has 7 nitrogen and oxygen atoms in total. The number of halogens is 3. The van der Waals surface area contributed by atoms with Crippen LogP contribution >= 0.6 is 23.2 Å². The second kappa shape index (κ2) is 12.2. The molecule has 1 heterocycles. The number of carboxylic acids is 1. The van der Waals surface area contributed by atoms with E-state index >= 15 is 0 Å². The fourth-order valence-corrected chi connectivity index (χ4v) is 5.22. The van der Waals surface area contributed by atoms with E-state index in [1.54, 1.807) is 22.8 Å². The molecule has 0 spiro atoms. The first-order valence-electron chi connectivity index (χ1n) is 12.9. The van der Waals surface area contributed by atoms with Crippen molar-refractivity contribution < 1.29 is 19.1 Å². The van der Waals surface area contributed by atoms with Crippen molar-refractivity contribution in [3.63, 3.8) is 0 Å². The zero-order chi connectivity index (χ0) is 29.1. The van der Waals surface area contributed by atoms with Crippen molar-refractivity contribution in [3.8, 4) is 5.69 Å². The van der Waals surface area contributed by atoms with Gasteiger partial charge in [-0.05, 0) is 54.3 Å². The summed E-state index contributed by atoms with van der Waals surface area (Å²) in [5.74, 6) is -1.22. The molecule has 0 saturated carbocycles. The van der Waals surface area contributed by atoms with Crippen LogP contribution in [0.5, 0.6) is 0 Å². The number of para-hydroxylation sites is 1. The minimum atomic E-state index is -1.11. The van der Waals surface area contributed by atoms with Gasteiger partial charge in [0.25, 0.3) is 0 Å². The number of carbonyl (C=O) groups is 2. The van der Waals surface area contributed by atoms with Crippen molar-refractivity contribution in [1.82, 2.24) is 4.57 Å². The normalized spacial score (nSPS) is 11.3. The summed E-state index contributed by atoms with van der Waals surface area (Å²) in [6.45, 7) is 9.67. The third kappa shape index (κ3) is 6.51. The zero-order valence-electron chi connectivity index (χ0n) is 22.6. The van der Waals surface area contributed by atoms with Gasteiger partial charge in [0.1, 0.15) is 11.5 Å². The van der Waals surface area contributed by atoms with E-state index in [4.69, 9.17) is 23.2 Å². The fraction of sp³-hybridized carbons (Fsp3) is 0.267. The minimum absolute atomic E-state index is 0.0449. The lowest BCUT2D eigenvalue weighted by Gasteiger charge is -2.31. The second-order valence-electron chi connectivity index (χ2n) is 10.4. The van der Waals surface area contributed by atoms with Gasteiger partial charge in [0.15, 0.2) is 0 Å². The van der Waals surface area contributed by atoms with Crippen LogP contribution in [0, 0.1) is 17.7 Å². The Morgan fingerprint density at radius 1 is 0.925 bits per heavy atom. The number of rotatable bonds is 9. The average molecular weight is 586 g/mol. The highest BCUT2D eigenvalue weighted by Gasteiger charge is 2.23. The number of benzene rings is 3. The van der Waals surface area contributed by atoms with Crippen molar-refractivity contribution in [3.05, 3.63) is 82.2 Å². The Labute approximate surface area is 242 Å². The summed E-state index contributed by atoms with van der Waals surface area (Å²) < 4.78 is 16.0. The van der Waals surface area contributed by atoms with E-state index in [0.717, 1.165) is 11.5 Å². The van der Waals surface area contributed by atoms with Gasteiger partial charge in [-0.25, -0.2) is 14.0 Å². The smallest absolute Gasteiger partial charge is 0.352 e. The van der Waals surface area contributed by atoms with Crippen molar-refractivity contribution in [1.29, 1.82) is 0 Å². The molecule has 4 aromatic rings. The fourth-order valence-electron chi connectivity index (χ4n) is 4.73. The summed E-state index contributed by atoms with van der Waals surface area (Å²) in [5, 5.41) is 16.6. The Bertz CT molecular complexity index is 1560. The number of fused-ring (bicyclic) bond motifs is 1. The van der Waals surface area contributed by atoms with Crippen LogP contribution < -0.4 is 15.5 Å². The van der Waals surface area contributed by atoms with Gasteiger partial charge in [0, 0.05) is 23.5 Å². The Kier molecular flexibility index (Phi) is 8.91. The molecule has 3 N–H and O–H groups in total. The summed E-state index contributed by atoms with van der Waals surface area (Å²) in [6.07, 6.45) is 0. The molecule has 1 aromatic heterocycles. The molecule has 0 aliphatic carbocycles. The van der Waals surface area contributed by atoms with Gasteiger partial charge in [-0.1, -0.05) is 69.1 Å². The molecule has 40 heavy (non-hydrogen) atoms. The van der Waals surface area contributed by atoms with Crippen molar-refractivity contribution in [2.45, 2.75) is 27.7 Å². The molecule has 2 amide bonds. The number of nitrogens with zero attached hydrogens (tertiary/aromatic N) is 2. The summed E-state index contributed by atoms with van der Waals surface area (Å²) in [7, 11) is 0.